The zero-order valence-electron chi connectivity index (χ0n) is 17.7. The van der Waals surface area contributed by atoms with Gasteiger partial charge >= 0.3 is 0 Å². The first kappa shape index (κ1) is 21.8. The summed E-state index contributed by atoms with van der Waals surface area (Å²) in [6, 6.07) is 16.0. The van der Waals surface area contributed by atoms with Crippen molar-refractivity contribution in [3.8, 4) is 11.5 Å². The molecule has 0 fully saturated rings. The van der Waals surface area contributed by atoms with Gasteiger partial charge < -0.3 is 14.8 Å². The van der Waals surface area contributed by atoms with E-state index in [-0.39, 0.29) is 12.0 Å². The van der Waals surface area contributed by atoms with Crippen LogP contribution in [0.5, 0.6) is 11.5 Å². The Bertz CT molecular complexity index is 755. The van der Waals surface area contributed by atoms with Crippen LogP contribution in [0.2, 0.25) is 0 Å². The normalized spacial score (nSPS) is 12.1. The maximum absolute atomic E-state index is 12.4. The highest BCUT2D eigenvalue weighted by Gasteiger charge is 2.16. The van der Waals surface area contributed by atoms with Gasteiger partial charge in [0.25, 0.3) is 5.91 Å². The van der Waals surface area contributed by atoms with Gasteiger partial charge in [-0.25, -0.2) is 0 Å². The van der Waals surface area contributed by atoms with Crippen molar-refractivity contribution < 1.29 is 14.3 Å². The molecule has 0 heterocycles. The summed E-state index contributed by atoms with van der Waals surface area (Å²) in [6.45, 7) is 10.7. The van der Waals surface area contributed by atoms with Gasteiger partial charge in [0.1, 0.15) is 11.5 Å². The minimum atomic E-state index is -0.525. The van der Waals surface area contributed by atoms with Gasteiger partial charge in [0.2, 0.25) is 0 Å². The Morgan fingerprint density at radius 3 is 2.43 bits per heavy atom. The predicted molar refractivity (Wildman–Crippen MR) is 114 cm³/mol. The molecule has 4 nitrogen and oxygen atoms in total. The summed E-state index contributed by atoms with van der Waals surface area (Å²) in [4.78, 5) is 12.4. The molecule has 0 aliphatic carbocycles. The van der Waals surface area contributed by atoms with Crippen LogP contribution in [0.1, 0.15) is 58.1 Å². The minimum absolute atomic E-state index is 0.0875. The largest absolute Gasteiger partial charge is 0.491 e. The number of benzene rings is 2. The van der Waals surface area contributed by atoms with Gasteiger partial charge in [0.05, 0.1) is 6.10 Å². The monoisotopic (exact) mass is 383 g/mol. The number of hydrogen-bond acceptors (Lipinski definition) is 3. The molecule has 2 aromatic carbocycles. The van der Waals surface area contributed by atoms with Crippen molar-refractivity contribution in [2.75, 3.05) is 6.54 Å². The Hall–Kier alpha value is -2.49. The molecule has 0 spiro atoms. The first-order valence-electron chi connectivity index (χ1n) is 10.2. The molecule has 0 radical (unpaired) electrons. The van der Waals surface area contributed by atoms with Crippen LogP contribution in [0.3, 0.4) is 0 Å². The lowest BCUT2D eigenvalue weighted by molar-refractivity contribution is -0.127. The second kappa shape index (κ2) is 10.7. The van der Waals surface area contributed by atoms with Crippen molar-refractivity contribution in [1.82, 2.24) is 5.32 Å². The summed E-state index contributed by atoms with van der Waals surface area (Å²) >= 11 is 0. The maximum atomic E-state index is 12.4. The fourth-order valence-corrected chi connectivity index (χ4v) is 3.00. The zero-order valence-corrected chi connectivity index (χ0v) is 17.7. The van der Waals surface area contributed by atoms with Gasteiger partial charge in [0.15, 0.2) is 6.10 Å². The number of ether oxygens (including phenoxy) is 2. The number of nitrogens with one attached hydrogen (secondary N) is 1. The third-order valence-electron chi connectivity index (χ3n) is 4.43. The number of rotatable bonds is 10. The zero-order chi connectivity index (χ0) is 20.5. The van der Waals surface area contributed by atoms with Crippen molar-refractivity contribution in [2.24, 2.45) is 0 Å². The average Bonchev–Trinajstić information content (AvgIpc) is 2.65. The highest BCUT2D eigenvalue weighted by atomic mass is 16.5. The fraction of sp³-hybridized carbons (Fsp3) is 0.458. The Labute approximate surface area is 169 Å². The van der Waals surface area contributed by atoms with Crippen LogP contribution in [0.15, 0.2) is 48.5 Å². The van der Waals surface area contributed by atoms with Gasteiger partial charge in [-0.1, -0.05) is 44.2 Å². The molecule has 152 valence electrons. The quantitative estimate of drug-likeness (QED) is 0.580. The lowest BCUT2D eigenvalue weighted by atomic mass is 10.0. The lowest BCUT2D eigenvalue weighted by Gasteiger charge is -2.18. The molecule has 0 saturated heterocycles. The van der Waals surface area contributed by atoms with Crippen LogP contribution in [0, 0.1) is 0 Å². The number of carbonyl (C=O) groups excluding carboxylic acids is 1. The summed E-state index contributed by atoms with van der Waals surface area (Å²) in [7, 11) is 0. The number of aryl methyl sites for hydroxylation is 1. The average molecular weight is 384 g/mol. The van der Waals surface area contributed by atoms with E-state index in [0.29, 0.717) is 12.5 Å². The Kier molecular flexibility index (Phi) is 8.37. The summed E-state index contributed by atoms with van der Waals surface area (Å²) in [5.41, 5.74) is 2.33. The molecule has 0 unspecified atom stereocenters. The molecule has 0 bridgehead atoms. The number of amides is 1. The molecule has 1 amide bonds. The first-order chi connectivity index (χ1) is 13.4. The molecule has 0 saturated carbocycles. The van der Waals surface area contributed by atoms with E-state index in [1.807, 2.05) is 50.2 Å². The van der Waals surface area contributed by atoms with E-state index in [0.717, 1.165) is 29.9 Å². The predicted octanol–water partition coefficient (Wildman–Crippen LogP) is 5.11. The van der Waals surface area contributed by atoms with E-state index in [9.17, 15) is 4.79 Å². The molecule has 4 heteroatoms. The molecule has 0 aliphatic rings. The second-order valence-corrected chi connectivity index (χ2v) is 7.66. The van der Waals surface area contributed by atoms with E-state index in [1.54, 1.807) is 6.92 Å². The summed E-state index contributed by atoms with van der Waals surface area (Å²) in [5.74, 6) is 1.93. The van der Waals surface area contributed by atoms with Crippen molar-refractivity contribution in [3.05, 3.63) is 59.7 Å². The van der Waals surface area contributed by atoms with E-state index >= 15 is 0 Å². The molecule has 2 rings (SSSR count). The summed E-state index contributed by atoms with van der Waals surface area (Å²) in [5, 5.41) is 2.97. The van der Waals surface area contributed by atoms with Crippen molar-refractivity contribution in [3.63, 3.8) is 0 Å². The molecule has 0 aliphatic heterocycles. The molecule has 0 aromatic heterocycles. The van der Waals surface area contributed by atoms with Crippen LogP contribution in [0.4, 0.5) is 0 Å². The van der Waals surface area contributed by atoms with Crippen molar-refractivity contribution >= 4 is 5.91 Å². The van der Waals surface area contributed by atoms with E-state index in [2.05, 4.69) is 31.3 Å². The number of para-hydroxylation sites is 1. The van der Waals surface area contributed by atoms with E-state index < -0.39 is 6.10 Å². The standard InChI is InChI=1S/C24H33NO3/c1-17(2)22-13-6-7-14-23(22)28-19(5)24(26)25-15-9-11-20-10-8-12-21(16-20)27-18(3)4/h6-8,10,12-14,16-19H,9,11,15H2,1-5H3,(H,25,26)/t19-/m0/s1. The van der Waals surface area contributed by atoms with Crippen LogP contribution in [-0.4, -0.2) is 24.7 Å². The number of carbonyl (C=O) groups is 1. The van der Waals surface area contributed by atoms with Gasteiger partial charge in [-0.2, -0.15) is 0 Å². The Balaban J connectivity index is 1.78. The third kappa shape index (κ3) is 6.91. The summed E-state index contributed by atoms with van der Waals surface area (Å²) < 4.78 is 11.6. The summed E-state index contributed by atoms with van der Waals surface area (Å²) in [6.07, 6.45) is 1.40. The molecule has 1 atom stereocenters. The van der Waals surface area contributed by atoms with Crippen molar-refractivity contribution in [2.45, 2.75) is 65.6 Å². The van der Waals surface area contributed by atoms with Crippen LogP contribution in [-0.2, 0) is 11.2 Å². The molecular formula is C24H33NO3. The van der Waals surface area contributed by atoms with Gasteiger partial charge in [-0.3, -0.25) is 4.79 Å². The van der Waals surface area contributed by atoms with Gasteiger partial charge in [-0.15, -0.1) is 0 Å². The van der Waals surface area contributed by atoms with E-state index in [4.69, 9.17) is 9.47 Å². The van der Waals surface area contributed by atoms with E-state index in [1.165, 1.54) is 5.56 Å². The minimum Gasteiger partial charge on any atom is -0.491 e. The highest BCUT2D eigenvalue weighted by Crippen LogP contribution is 2.26. The fourth-order valence-electron chi connectivity index (χ4n) is 3.00. The Morgan fingerprint density at radius 1 is 0.964 bits per heavy atom. The Morgan fingerprint density at radius 2 is 1.71 bits per heavy atom. The first-order valence-corrected chi connectivity index (χ1v) is 10.2. The molecular weight excluding hydrogens is 350 g/mol. The third-order valence-corrected chi connectivity index (χ3v) is 4.43. The number of hydrogen-bond donors (Lipinski definition) is 1. The van der Waals surface area contributed by atoms with Gasteiger partial charge in [0, 0.05) is 6.54 Å². The van der Waals surface area contributed by atoms with Crippen LogP contribution < -0.4 is 14.8 Å². The topological polar surface area (TPSA) is 47.6 Å². The SMILES string of the molecule is CC(C)Oc1cccc(CCCNC(=O)[C@H](C)Oc2ccccc2C(C)C)c1. The molecule has 1 N–H and O–H groups in total. The maximum Gasteiger partial charge on any atom is 0.260 e. The molecule has 28 heavy (non-hydrogen) atoms. The molecule has 2 aromatic rings. The lowest BCUT2D eigenvalue weighted by Crippen LogP contribution is -2.37. The van der Waals surface area contributed by atoms with Crippen molar-refractivity contribution in [1.29, 1.82) is 0 Å². The van der Waals surface area contributed by atoms with Crippen LogP contribution >= 0.6 is 0 Å². The van der Waals surface area contributed by atoms with Gasteiger partial charge in [-0.05, 0) is 68.9 Å². The van der Waals surface area contributed by atoms with Crippen LogP contribution in [0.25, 0.3) is 0 Å². The smallest absolute Gasteiger partial charge is 0.260 e. The second-order valence-electron chi connectivity index (χ2n) is 7.66. The highest BCUT2D eigenvalue weighted by molar-refractivity contribution is 5.80.